The van der Waals surface area contributed by atoms with Gasteiger partial charge in [0.15, 0.2) is 5.13 Å². The van der Waals surface area contributed by atoms with Gasteiger partial charge in [0.25, 0.3) is 0 Å². The smallest absolute Gasteiger partial charge is 0.312 e. The number of carboxylic acids is 1. The Balaban J connectivity index is 1.83. The number of rotatable bonds is 2. The maximum atomic E-state index is 11.2. The van der Waals surface area contributed by atoms with Crippen LogP contribution in [-0.4, -0.2) is 41.9 Å². The molecule has 0 saturated carbocycles. The lowest BCUT2D eigenvalue weighted by Crippen LogP contribution is -2.30. The van der Waals surface area contributed by atoms with Gasteiger partial charge < -0.3 is 14.7 Å². The number of hydrogen-bond donors (Lipinski definition) is 1. The molecule has 0 radical (unpaired) electrons. The van der Waals surface area contributed by atoms with Crippen LogP contribution in [0.3, 0.4) is 0 Å². The topological polar surface area (TPSA) is 62.7 Å². The van der Waals surface area contributed by atoms with Crippen LogP contribution in [-0.2, 0) is 16.0 Å². The van der Waals surface area contributed by atoms with Crippen LogP contribution in [0.5, 0.6) is 0 Å². The standard InChI is InChI=1S/C13H18N2O3S/c1-8-7-15(5-2-6-18-8)13-14-11-9(12(16)17)3-4-10(11)19-13/h8-9H,2-7H2,1H3,(H,16,17). The van der Waals surface area contributed by atoms with E-state index in [2.05, 4.69) is 16.8 Å². The summed E-state index contributed by atoms with van der Waals surface area (Å²) in [7, 11) is 0. The van der Waals surface area contributed by atoms with Crippen LogP contribution in [0.15, 0.2) is 0 Å². The van der Waals surface area contributed by atoms with E-state index < -0.39 is 11.9 Å². The second kappa shape index (κ2) is 5.09. The number of aryl methyl sites for hydroxylation is 1. The van der Waals surface area contributed by atoms with Gasteiger partial charge in [-0.2, -0.15) is 0 Å². The molecule has 1 saturated heterocycles. The van der Waals surface area contributed by atoms with Crippen molar-refractivity contribution < 1.29 is 14.6 Å². The van der Waals surface area contributed by atoms with Gasteiger partial charge in [-0.05, 0) is 26.2 Å². The first kappa shape index (κ1) is 12.9. The van der Waals surface area contributed by atoms with E-state index in [0.29, 0.717) is 6.42 Å². The summed E-state index contributed by atoms with van der Waals surface area (Å²) in [5, 5.41) is 10.2. The van der Waals surface area contributed by atoms with Crippen molar-refractivity contribution in [1.29, 1.82) is 0 Å². The summed E-state index contributed by atoms with van der Waals surface area (Å²) in [5.41, 5.74) is 0.797. The number of carboxylic acid groups (broad SMARTS) is 1. The third-order valence-electron chi connectivity index (χ3n) is 3.73. The molecule has 2 unspecified atom stereocenters. The first-order valence-electron chi connectivity index (χ1n) is 6.74. The first-order valence-corrected chi connectivity index (χ1v) is 7.55. The molecule has 5 nitrogen and oxygen atoms in total. The van der Waals surface area contributed by atoms with Crippen molar-refractivity contribution in [1.82, 2.24) is 4.98 Å². The highest BCUT2D eigenvalue weighted by atomic mass is 32.1. The Bertz CT molecular complexity index is 488. The highest BCUT2D eigenvalue weighted by molar-refractivity contribution is 7.15. The molecule has 1 aliphatic carbocycles. The van der Waals surface area contributed by atoms with Crippen molar-refractivity contribution >= 4 is 22.4 Å². The van der Waals surface area contributed by atoms with Crippen LogP contribution in [0.1, 0.15) is 36.3 Å². The Hall–Kier alpha value is -1.14. The molecule has 1 fully saturated rings. The van der Waals surface area contributed by atoms with Gasteiger partial charge in [-0.1, -0.05) is 0 Å². The molecule has 2 atom stereocenters. The van der Waals surface area contributed by atoms with E-state index >= 15 is 0 Å². The quantitative estimate of drug-likeness (QED) is 0.897. The molecule has 3 rings (SSSR count). The molecule has 104 valence electrons. The monoisotopic (exact) mass is 282 g/mol. The molecule has 1 N–H and O–H groups in total. The zero-order valence-corrected chi connectivity index (χ0v) is 11.8. The molecule has 6 heteroatoms. The Morgan fingerprint density at radius 1 is 1.58 bits per heavy atom. The van der Waals surface area contributed by atoms with Gasteiger partial charge >= 0.3 is 5.97 Å². The number of aliphatic carboxylic acids is 1. The van der Waals surface area contributed by atoms with E-state index in [-0.39, 0.29) is 6.10 Å². The molecule has 0 bridgehead atoms. The summed E-state index contributed by atoms with van der Waals surface area (Å²) in [6.07, 6.45) is 2.75. The van der Waals surface area contributed by atoms with Crippen LogP contribution >= 0.6 is 11.3 Å². The van der Waals surface area contributed by atoms with Gasteiger partial charge in [0, 0.05) is 24.6 Å². The molecule has 1 aromatic heterocycles. The Morgan fingerprint density at radius 3 is 3.21 bits per heavy atom. The van der Waals surface area contributed by atoms with Gasteiger partial charge in [-0.25, -0.2) is 4.98 Å². The van der Waals surface area contributed by atoms with Gasteiger partial charge in [-0.3, -0.25) is 4.79 Å². The summed E-state index contributed by atoms with van der Waals surface area (Å²) in [6, 6.07) is 0. The summed E-state index contributed by atoms with van der Waals surface area (Å²) in [5.74, 6) is -1.15. The number of anilines is 1. The van der Waals surface area contributed by atoms with Crippen LogP contribution in [0, 0.1) is 0 Å². The highest BCUT2D eigenvalue weighted by Crippen LogP contribution is 2.39. The van der Waals surface area contributed by atoms with Crippen LogP contribution in [0.4, 0.5) is 5.13 Å². The van der Waals surface area contributed by atoms with E-state index in [1.165, 1.54) is 0 Å². The van der Waals surface area contributed by atoms with Crippen LogP contribution in [0.25, 0.3) is 0 Å². The van der Waals surface area contributed by atoms with Crippen LogP contribution < -0.4 is 4.90 Å². The highest BCUT2D eigenvalue weighted by Gasteiger charge is 2.33. The van der Waals surface area contributed by atoms with Gasteiger partial charge in [0.05, 0.1) is 11.8 Å². The predicted octanol–water partition coefficient (Wildman–Crippen LogP) is 1.87. The van der Waals surface area contributed by atoms with E-state index in [1.54, 1.807) is 11.3 Å². The predicted molar refractivity (Wildman–Crippen MR) is 73.1 cm³/mol. The molecule has 19 heavy (non-hydrogen) atoms. The summed E-state index contributed by atoms with van der Waals surface area (Å²) >= 11 is 1.66. The Kier molecular flexibility index (Phi) is 3.45. The van der Waals surface area contributed by atoms with Crippen molar-refractivity contribution in [3.8, 4) is 0 Å². The molecule has 1 aromatic rings. The fraction of sp³-hybridized carbons (Fsp3) is 0.692. The van der Waals surface area contributed by atoms with E-state index in [0.717, 1.165) is 48.2 Å². The molecule has 1 aliphatic heterocycles. The van der Waals surface area contributed by atoms with Gasteiger partial charge in [0.1, 0.15) is 5.92 Å². The lowest BCUT2D eigenvalue weighted by atomic mass is 10.1. The summed E-state index contributed by atoms with van der Waals surface area (Å²) in [4.78, 5) is 19.2. The molecule has 0 spiro atoms. The first-order chi connectivity index (χ1) is 9.15. The number of aromatic nitrogens is 1. The normalized spacial score (nSPS) is 27.1. The zero-order valence-electron chi connectivity index (χ0n) is 11.0. The fourth-order valence-electron chi connectivity index (χ4n) is 2.76. The Morgan fingerprint density at radius 2 is 2.42 bits per heavy atom. The number of fused-ring (bicyclic) bond motifs is 1. The summed E-state index contributed by atoms with van der Waals surface area (Å²) < 4.78 is 5.63. The second-order valence-electron chi connectivity index (χ2n) is 5.22. The lowest BCUT2D eigenvalue weighted by molar-refractivity contribution is -0.138. The van der Waals surface area contributed by atoms with Crippen molar-refractivity contribution in [2.75, 3.05) is 24.6 Å². The van der Waals surface area contributed by atoms with Gasteiger partial charge in [0.2, 0.25) is 0 Å². The van der Waals surface area contributed by atoms with Gasteiger partial charge in [-0.15, -0.1) is 11.3 Å². The molecular formula is C13H18N2O3S. The minimum Gasteiger partial charge on any atom is -0.481 e. The minimum absolute atomic E-state index is 0.205. The minimum atomic E-state index is -0.747. The number of nitrogens with zero attached hydrogens (tertiary/aromatic N) is 2. The largest absolute Gasteiger partial charge is 0.481 e. The maximum absolute atomic E-state index is 11.2. The lowest BCUT2D eigenvalue weighted by Gasteiger charge is -2.21. The second-order valence-corrected chi connectivity index (χ2v) is 6.28. The fourth-order valence-corrected chi connectivity index (χ4v) is 3.93. The number of thiazole rings is 1. The average molecular weight is 282 g/mol. The van der Waals surface area contributed by atoms with Crippen molar-refractivity contribution in [3.05, 3.63) is 10.6 Å². The van der Waals surface area contributed by atoms with Crippen molar-refractivity contribution in [3.63, 3.8) is 0 Å². The molecule has 2 heterocycles. The van der Waals surface area contributed by atoms with E-state index in [1.807, 2.05) is 0 Å². The molecule has 0 aromatic carbocycles. The molecule has 0 amide bonds. The summed E-state index contributed by atoms with van der Waals surface area (Å²) in [6.45, 7) is 4.64. The molecular weight excluding hydrogens is 264 g/mol. The third-order valence-corrected chi connectivity index (χ3v) is 4.92. The Labute approximate surface area is 116 Å². The SMILES string of the molecule is CC1CN(c2nc3c(s2)CCC3C(=O)O)CCCO1. The number of ether oxygens (including phenoxy) is 1. The van der Waals surface area contributed by atoms with Crippen molar-refractivity contribution in [2.45, 2.75) is 38.2 Å². The van der Waals surface area contributed by atoms with E-state index in [9.17, 15) is 9.90 Å². The van der Waals surface area contributed by atoms with Crippen molar-refractivity contribution in [2.24, 2.45) is 0 Å². The third kappa shape index (κ3) is 2.47. The van der Waals surface area contributed by atoms with E-state index in [4.69, 9.17) is 4.74 Å². The number of carbonyl (C=O) groups is 1. The number of hydrogen-bond acceptors (Lipinski definition) is 5. The zero-order chi connectivity index (χ0) is 13.4. The molecule has 2 aliphatic rings. The maximum Gasteiger partial charge on any atom is 0.312 e. The average Bonchev–Trinajstić information content (AvgIpc) is 2.85. The van der Waals surface area contributed by atoms with Crippen LogP contribution in [0.2, 0.25) is 0 Å².